The van der Waals surface area contributed by atoms with Crippen molar-refractivity contribution >= 4 is 5.65 Å². The van der Waals surface area contributed by atoms with Gasteiger partial charge in [0, 0.05) is 17.5 Å². The first-order valence-electron chi connectivity index (χ1n) is 6.60. The van der Waals surface area contributed by atoms with Crippen LogP contribution >= 0.6 is 0 Å². The molecule has 0 saturated carbocycles. The molecule has 0 atom stereocenters. The van der Waals surface area contributed by atoms with Gasteiger partial charge in [0.15, 0.2) is 0 Å². The van der Waals surface area contributed by atoms with E-state index in [1.807, 2.05) is 10.7 Å². The van der Waals surface area contributed by atoms with Gasteiger partial charge in [-0.1, -0.05) is 6.92 Å². The molecule has 0 radical (unpaired) electrons. The molecule has 1 saturated heterocycles. The smallest absolute Gasteiger partial charge is 0.251 e. The highest BCUT2D eigenvalue weighted by molar-refractivity contribution is 5.47. The van der Waals surface area contributed by atoms with Crippen molar-refractivity contribution in [1.82, 2.24) is 19.9 Å². The fourth-order valence-electron chi connectivity index (χ4n) is 2.73. The molecular weight excluding hydrogens is 228 g/mol. The second-order valence-electron chi connectivity index (χ2n) is 4.87. The Hall–Kier alpha value is -1.62. The Morgan fingerprint density at radius 1 is 1.44 bits per heavy atom. The molecule has 0 bridgehead atoms. The summed E-state index contributed by atoms with van der Waals surface area (Å²) in [5, 5.41) is 7.78. The molecule has 18 heavy (non-hydrogen) atoms. The number of nitrogens with one attached hydrogen (secondary N) is 2. The van der Waals surface area contributed by atoms with Crippen molar-refractivity contribution in [2.45, 2.75) is 32.1 Å². The van der Waals surface area contributed by atoms with Crippen molar-refractivity contribution in [2.24, 2.45) is 0 Å². The minimum atomic E-state index is -0.0220. The zero-order valence-electron chi connectivity index (χ0n) is 10.6. The summed E-state index contributed by atoms with van der Waals surface area (Å²) in [6.45, 7) is 4.11. The van der Waals surface area contributed by atoms with E-state index in [-0.39, 0.29) is 5.56 Å². The Kier molecular flexibility index (Phi) is 2.91. The molecule has 0 aliphatic carbocycles. The number of rotatable bonds is 2. The van der Waals surface area contributed by atoms with Gasteiger partial charge < -0.3 is 10.3 Å². The highest BCUT2D eigenvalue weighted by Crippen LogP contribution is 2.24. The van der Waals surface area contributed by atoms with Crippen molar-refractivity contribution in [3.63, 3.8) is 0 Å². The lowest BCUT2D eigenvalue weighted by molar-refractivity contribution is 0.446. The first-order chi connectivity index (χ1) is 8.79. The van der Waals surface area contributed by atoms with Crippen LogP contribution in [0.4, 0.5) is 0 Å². The monoisotopic (exact) mass is 246 g/mol. The second-order valence-corrected chi connectivity index (χ2v) is 4.87. The van der Waals surface area contributed by atoms with Crippen LogP contribution in [0.1, 0.15) is 36.9 Å². The lowest BCUT2D eigenvalue weighted by Crippen LogP contribution is -2.28. The van der Waals surface area contributed by atoms with Crippen LogP contribution in [0, 0.1) is 0 Å². The Labute approximate surface area is 105 Å². The first-order valence-corrected chi connectivity index (χ1v) is 6.60. The molecule has 0 aromatic carbocycles. The number of H-pyrrole nitrogens is 1. The molecule has 5 heteroatoms. The molecule has 2 aromatic heterocycles. The maximum absolute atomic E-state index is 11.8. The third-order valence-corrected chi connectivity index (χ3v) is 3.75. The van der Waals surface area contributed by atoms with E-state index in [4.69, 9.17) is 0 Å². The summed E-state index contributed by atoms with van der Waals surface area (Å²) in [4.78, 5) is 14.7. The molecule has 3 rings (SSSR count). The number of hydrogen-bond donors (Lipinski definition) is 2. The van der Waals surface area contributed by atoms with Crippen LogP contribution in [0.25, 0.3) is 5.65 Å². The Balaban J connectivity index is 2.15. The van der Waals surface area contributed by atoms with Crippen LogP contribution < -0.4 is 10.9 Å². The predicted molar refractivity (Wildman–Crippen MR) is 70.0 cm³/mol. The van der Waals surface area contributed by atoms with Gasteiger partial charge >= 0.3 is 0 Å². The Morgan fingerprint density at radius 3 is 2.94 bits per heavy atom. The fourth-order valence-corrected chi connectivity index (χ4v) is 2.73. The summed E-state index contributed by atoms with van der Waals surface area (Å²) in [5.74, 6) is 0.431. The topological polar surface area (TPSA) is 62.2 Å². The molecule has 96 valence electrons. The van der Waals surface area contributed by atoms with Gasteiger partial charge in [0.2, 0.25) is 0 Å². The summed E-state index contributed by atoms with van der Waals surface area (Å²) in [5.41, 5.74) is 2.99. The molecular formula is C13H18N4O. The summed E-state index contributed by atoms with van der Waals surface area (Å²) >= 11 is 0. The van der Waals surface area contributed by atoms with E-state index in [0.29, 0.717) is 5.92 Å². The van der Waals surface area contributed by atoms with Crippen LogP contribution in [0.5, 0.6) is 0 Å². The fraction of sp³-hybridized carbons (Fsp3) is 0.538. The van der Waals surface area contributed by atoms with Crippen LogP contribution in [0.3, 0.4) is 0 Å². The van der Waals surface area contributed by atoms with Crippen LogP contribution in [-0.4, -0.2) is 27.7 Å². The summed E-state index contributed by atoms with van der Waals surface area (Å²) in [7, 11) is 0. The number of fused-ring (bicyclic) bond motifs is 1. The van der Waals surface area contributed by atoms with Gasteiger partial charge in [-0.15, -0.1) is 0 Å². The van der Waals surface area contributed by atoms with Crippen LogP contribution in [-0.2, 0) is 6.42 Å². The molecule has 2 aromatic rings. The second kappa shape index (κ2) is 4.57. The van der Waals surface area contributed by atoms with Crippen molar-refractivity contribution in [3.05, 3.63) is 33.9 Å². The zero-order chi connectivity index (χ0) is 12.5. The minimum absolute atomic E-state index is 0.0220. The molecule has 1 aliphatic heterocycles. The third-order valence-electron chi connectivity index (χ3n) is 3.75. The Morgan fingerprint density at radius 2 is 2.22 bits per heavy atom. The van der Waals surface area contributed by atoms with Gasteiger partial charge in [0.1, 0.15) is 5.65 Å². The highest BCUT2D eigenvalue weighted by atomic mass is 16.1. The van der Waals surface area contributed by atoms with Gasteiger partial charge in [-0.05, 0) is 32.4 Å². The van der Waals surface area contributed by atoms with Gasteiger partial charge in [-0.25, -0.2) is 4.52 Å². The molecule has 3 heterocycles. The number of aromatic nitrogens is 3. The molecule has 1 fully saturated rings. The van der Waals surface area contributed by atoms with E-state index in [1.54, 1.807) is 6.07 Å². The summed E-state index contributed by atoms with van der Waals surface area (Å²) in [6.07, 6.45) is 4.88. The SMILES string of the molecule is CCc1cnn2c(C3CCNCC3)cc(=O)[nH]c12. The van der Waals surface area contributed by atoms with E-state index in [0.717, 1.165) is 49.3 Å². The number of nitrogens with zero attached hydrogens (tertiary/aromatic N) is 2. The zero-order valence-corrected chi connectivity index (χ0v) is 10.6. The molecule has 0 spiro atoms. The molecule has 5 nitrogen and oxygen atoms in total. The van der Waals surface area contributed by atoms with Crippen molar-refractivity contribution < 1.29 is 0 Å². The molecule has 0 unspecified atom stereocenters. The molecule has 2 N–H and O–H groups in total. The van der Waals surface area contributed by atoms with Gasteiger partial charge in [0.25, 0.3) is 5.56 Å². The van der Waals surface area contributed by atoms with Crippen LogP contribution in [0.2, 0.25) is 0 Å². The van der Waals surface area contributed by atoms with E-state index in [9.17, 15) is 4.79 Å². The third kappa shape index (κ3) is 1.84. The van der Waals surface area contributed by atoms with Gasteiger partial charge in [0.05, 0.1) is 11.9 Å². The highest BCUT2D eigenvalue weighted by Gasteiger charge is 2.19. The van der Waals surface area contributed by atoms with Crippen molar-refractivity contribution in [1.29, 1.82) is 0 Å². The number of hydrogen-bond acceptors (Lipinski definition) is 3. The lowest BCUT2D eigenvalue weighted by Gasteiger charge is -2.23. The number of aromatic amines is 1. The van der Waals surface area contributed by atoms with Crippen LogP contribution in [0.15, 0.2) is 17.1 Å². The predicted octanol–water partition coefficient (Wildman–Crippen LogP) is 1.05. The maximum atomic E-state index is 11.8. The summed E-state index contributed by atoms with van der Waals surface area (Å²) in [6, 6.07) is 1.70. The van der Waals surface area contributed by atoms with Gasteiger partial charge in [-0.2, -0.15) is 5.10 Å². The van der Waals surface area contributed by atoms with E-state index in [2.05, 4.69) is 22.3 Å². The maximum Gasteiger partial charge on any atom is 0.251 e. The van der Waals surface area contributed by atoms with E-state index >= 15 is 0 Å². The Bertz CT molecular complexity index is 607. The standard InChI is InChI=1S/C13H18N4O/c1-2-9-8-15-17-11(7-12(18)16-13(9)17)10-3-5-14-6-4-10/h7-8,10,14H,2-6H2,1H3,(H,16,18). The lowest BCUT2D eigenvalue weighted by atomic mass is 9.94. The largest absolute Gasteiger partial charge is 0.317 e. The molecule has 1 aliphatic rings. The number of piperidine rings is 1. The van der Waals surface area contributed by atoms with E-state index in [1.165, 1.54) is 0 Å². The van der Waals surface area contributed by atoms with Gasteiger partial charge in [-0.3, -0.25) is 4.79 Å². The normalized spacial score (nSPS) is 17.4. The van der Waals surface area contributed by atoms with Crippen molar-refractivity contribution in [3.8, 4) is 0 Å². The average molecular weight is 246 g/mol. The molecule has 0 amide bonds. The van der Waals surface area contributed by atoms with E-state index < -0.39 is 0 Å². The first kappa shape index (κ1) is 11.5. The minimum Gasteiger partial charge on any atom is -0.317 e. The summed E-state index contributed by atoms with van der Waals surface area (Å²) < 4.78 is 1.91. The average Bonchev–Trinajstić information content (AvgIpc) is 2.81. The number of aryl methyl sites for hydroxylation is 1. The van der Waals surface area contributed by atoms with Crippen molar-refractivity contribution in [2.75, 3.05) is 13.1 Å². The quantitative estimate of drug-likeness (QED) is 0.832.